The van der Waals surface area contributed by atoms with Gasteiger partial charge < -0.3 is 9.47 Å². The molecule has 0 N–H and O–H groups in total. The van der Waals surface area contributed by atoms with Crippen molar-refractivity contribution in [2.45, 2.75) is 32.6 Å². The van der Waals surface area contributed by atoms with E-state index in [1.165, 1.54) is 17.3 Å². The number of amides is 1. The Labute approximate surface area is 177 Å². The number of hydrogen-bond donors (Lipinski definition) is 0. The van der Waals surface area contributed by atoms with Crippen molar-refractivity contribution < 1.29 is 14.3 Å². The Morgan fingerprint density at radius 1 is 1.03 bits per heavy atom. The van der Waals surface area contributed by atoms with Crippen molar-refractivity contribution in [3.63, 3.8) is 0 Å². The summed E-state index contributed by atoms with van der Waals surface area (Å²) in [5.41, 5.74) is 3.32. The molecule has 29 heavy (non-hydrogen) atoms. The largest absolute Gasteiger partial charge is 0.493 e. The van der Waals surface area contributed by atoms with Gasteiger partial charge in [0, 0.05) is 6.54 Å². The summed E-state index contributed by atoms with van der Waals surface area (Å²) in [7, 11) is 3.24. The number of nitrogens with zero attached hydrogens (tertiary/aromatic N) is 2. The highest BCUT2D eigenvalue weighted by atomic mass is 32.2. The second kappa shape index (κ2) is 8.91. The molecule has 3 rings (SSSR count). The van der Waals surface area contributed by atoms with Crippen molar-refractivity contribution in [2.24, 2.45) is 4.99 Å². The zero-order chi connectivity index (χ0) is 21.0. The minimum absolute atomic E-state index is 0.0977. The fourth-order valence-electron chi connectivity index (χ4n) is 3.13. The zero-order valence-corrected chi connectivity index (χ0v) is 18.5. The molecule has 1 aliphatic heterocycles. The Kier molecular flexibility index (Phi) is 6.52. The first kappa shape index (κ1) is 21.2. The lowest BCUT2D eigenvalue weighted by Gasteiger charge is -2.19. The summed E-state index contributed by atoms with van der Waals surface area (Å²) < 4.78 is 10.7. The molecular formula is C23H28N2O3S. The highest BCUT2D eigenvalue weighted by Gasteiger charge is 2.28. The summed E-state index contributed by atoms with van der Waals surface area (Å²) >= 11 is 1.49. The monoisotopic (exact) mass is 412 g/mol. The van der Waals surface area contributed by atoms with E-state index in [0.29, 0.717) is 30.2 Å². The fraction of sp³-hybridized carbons (Fsp3) is 0.391. The van der Waals surface area contributed by atoms with Crippen LogP contribution in [-0.4, -0.2) is 42.5 Å². The quantitative estimate of drug-likeness (QED) is 0.683. The van der Waals surface area contributed by atoms with Crippen molar-refractivity contribution in [2.75, 3.05) is 26.5 Å². The molecule has 6 heteroatoms. The lowest BCUT2D eigenvalue weighted by Crippen LogP contribution is -2.31. The van der Waals surface area contributed by atoms with Crippen LogP contribution in [0.1, 0.15) is 31.9 Å². The zero-order valence-electron chi connectivity index (χ0n) is 17.7. The molecule has 2 aromatic carbocycles. The molecule has 1 saturated heterocycles. The van der Waals surface area contributed by atoms with Crippen molar-refractivity contribution in [3.05, 3.63) is 53.6 Å². The number of thioether (sulfide) groups is 1. The molecule has 0 spiro atoms. The van der Waals surface area contributed by atoms with Gasteiger partial charge in [0.05, 0.1) is 25.7 Å². The van der Waals surface area contributed by atoms with Crippen LogP contribution < -0.4 is 9.47 Å². The summed E-state index contributed by atoms with van der Waals surface area (Å²) in [6, 6.07) is 14.1. The molecule has 0 saturated carbocycles. The molecule has 0 unspecified atom stereocenters. The number of ether oxygens (including phenoxy) is 2. The Morgan fingerprint density at radius 2 is 1.72 bits per heavy atom. The van der Waals surface area contributed by atoms with Gasteiger partial charge in [0.15, 0.2) is 16.7 Å². The first-order chi connectivity index (χ1) is 13.8. The van der Waals surface area contributed by atoms with E-state index < -0.39 is 0 Å². The average molecular weight is 413 g/mol. The van der Waals surface area contributed by atoms with Gasteiger partial charge in [0.25, 0.3) is 0 Å². The number of aliphatic imine (C=N–C) groups is 1. The van der Waals surface area contributed by atoms with Gasteiger partial charge in [-0.15, -0.1) is 0 Å². The Hall–Kier alpha value is -2.47. The molecule has 0 radical (unpaired) electrons. The maximum atomic E-state index is 12.4. The van der Waals surface area contributed by atoms with E-state index in [1.807, 2.05) is 30.3 Å². The van der Waals surface area contributed by atoms with E-state index >= 15 is 0 Å². The van der Waals surface area contributed by atoms with Gasteiger partial charge in [-0.3, -0.25) is 9.69 Å². The van der Waals surface area contributed by atoms with Gasteiger partial charge in [-0.25, -0.2) is 4.99 Å². The first-order valence-corrected chi connectivity index (χ1v) is 10.6. The van der Waals surface area contributed by atoms with Crippen LogP contribution in [0.25, 0.3) is 0 Å². The predicted molar refractivity (Wildman–Crippen MR) is 120 cm³/mol. The average Bonchev–Trinajstić information content (AvgIpc) is 3.05. The van der Waals surface area contributed by atoms with E-state index in [-0.39, 0.29) is 11.3 Å². The van der Waals surface area contributed by atoms with E-state index in [4.69, 9.17) is 14.5 Å². The third-order valence-corrected chi connectivity index (χ3v) is 5.85. The van der Waals surface area contributed by atoms with Gasteiger partial charge in [-0.2, -0.15) is 0 Å². The Balaban J connectivity index is 1.73. The molecule has 1 fully saturated rings. The molecule has 1 heterocycles. The van der Waals surface area contributed by atoms with Crippen LogP contribution in [0.15, 0.2) is 47.5 Å². The summed E-state index contributed by atoms with van der Waals surface area (Å²) in [4.78, 5) is 18.9. The molecule has 0 atom stereocenters. The fourth-order valence-corrected chi connectivity index (χ4v) is 4.05. The van der Waals surface area contributed by atoms with Crippen LogP contribution in [-0.2, 0) is 16.6 Å². The highest BCUT2D eigenvalue weighted by Crippen LogP contribution is 2.29. The van der Waals surface area contributed by atoms with Crippen molar-refractivity contribution in [1.82, 2.24) is 4.90 Å². The van der Waals surface area contributed by atoms with Crippen LogP contribution in [0.5, 0.6) is 11.5 Å². The van der Waals surface area contributed by atoms with Gasteiger partial charge in [-0.1, -0.05) is 50.7 Å². The Bertz CT molecular complexity index is 901. The van der Waals surface area contributed by atoms with Crippen LogP contribution in [0.4, 0.5) is 5.69 Å². The second-order valence-corrected chi connectivity index (χ2v) is 8.91. The van der Waals surface area contributed by atoms with Crippen molar-refractivity contribution >= 4 is 28.5 Å². The Morgan fingerprint density at radius 3 is 2.34 bits per heavy atom. The summed E-state index contributed by atoms with van der Waals surface area (Å²) in [5.74, 6) is 1.93. The number of benzene rings is 2. The van der Waals surface area contributed by atoms with Gasteiger partial charge in [-0.05, 0) is 47.2 Å². The standard InChI is InChI=1S/C23H28N2O3S/c1-23(2,3)17-7-9-18(10-8-17)24-22-25(21(26)15-29-22)13-12-16-6-11-19(27-4)20(14-16)28-5/h6-11,14H,12-13,15H2,1-5H3. The van der Waals surface area contributed by atoms with Gasteiger partial charge in [0.2, 0.25) is 5.91 Å². The number of carbonyl (C=O) groups is 1. The first-order valence-electron chi connectivity index (χ1n) is 9.65. The van der Waals surface area contributed by atoms with Crippen LogP contribution in [0.3, 0.4) is 0 Å². The van der Waals surface area contributed by atoms with Gasteiger partial charge >= 0.3 is 0 Å². The maximum absolute atomic E-state index is 12.4. The lowest BCUT2D eigenvalue weighted by molar-refractivity contribution is -0.124. The van der Waals surface area contributed by atoms with Crippen LogP contribution in [0, 0.1) is 0 Å². The SMILES string of the molecule is COc1ccc(CCN2C(=O)CSC2=Nc2ccc(C(C)(C)C)cc2)cc1OC. The van der Waals surface area contributed by atoms with E-state index in [9.17, 15) is 4.79 Å². The second-order valence-electron chi connectivity index (χ2n) is 7.96. The molecule has 1 amide bonds. The molecule has 0 aliphatic carbocycles. The number of carbonyl (C=O) groups excluding carboxylic acids is 1. The maximum Gasteiger partial charge on any atom is 0.239 e. The van der Waals surface area contributed by atoms with Crippen molar-refractivity contribution in [3.8, 4) is 11.5 Å². The third-order valence-electron chi connectivity index (χ3n) is 4.89. The smallest absolute Gasteiger partial charge is 0.239 e. The number of methoxy groups -OCH3 is 2. The minimum atomic E-state index is 0.0977. The van der Waals surface area contributed by atoms with Crippen molar-refractivity contribution in [1.29, 1.82) is 0 Å². The van der Waals surface area contributed by atoms with Gasteiger partial charge in [0.1, 0.15) is 0 Å². The minimum Gasteiger partial charge on any atom is -0.493 e. The molecule has 154 valence electrons. The number of amidine groups is 1. The predicted octanol–water partition coefficient (Wildman–Crippen LogP) is 4.81. The van der Waals surface area contributed by atoms with E-state index in [1.54, 1.807) is 19.1 Å². The molecule has 2 aromatic rings. The summed E-state index contributed by atoms with van der Waals surface area (Å²) in [5, 5.41) is 0.763. The lowest BCUT2D eigenvalue weighted by atomic mass is 9.87. The molecule has 0 aromatic heterocycles. The number of rotatable bonds is 6. The third kappa shape index (κ3) is 5.12. The number of hydrogen-bond acceptors (Lipinski definition) is 5. The molecular weight excluding hydrogens is 384 g/mol. The van der Waals surface area contributed by atoms with Crippen LogP contribution >= 0.6 is 11.8 Å². The van der Waals surface area contributed by atoms with E-state index in [2.05, 4.69) is 32.9 Å². The molecule has 1 aliphatic rings. The molecule has 0 bridgehead atoms. The van der Waals surface area contributed by atoms with E-state index in [0.717, 1.165) is 16.4 Å². The topological polar surface area (TPSA) is 51.1 Å². The highest BCUT2D eigenvalue weighted by molar-refractivity contribution is 8.15. The van der Waals surface area contributed by atoms with Crippen LogP contribution in [0.2, 0.25) is 0 Å². The summed E-state index contributed by atoms with van der Waals surface area (Å²) in [6.45, 7) is 7.15. The normalized spacial score (nSPS) is 15.8. The molecule has 5 nitrogen and oxygen atoms in total. The summed E-state index contributed by atoms with van der Waals surface area (Å²) in [6.07, 6.45) is 0.717.